The fourth-order valence-corrected chi connectivity index (χ4v) is 2.04. The van der Waals surface area contributed by atoms with Crippen molar-refractivity contribution in [1.29, 1.82) is 0 Å². The number of anilines is 1. The van der Waals surface area contributed by atoms with Gasteiger partial charge in [-0.25, -0.2) is 0 Å². The van der Waals surface area contributed by atoms with Crippen molar-refractivity contribution in [2.75, 3.05) is 5.73 Å². The Balaban J connectivity index is 2.03. The Morgan fingerprint density at radius 2 is 1.78 bits per heavy atom. The van der Waals surface area contributed by atoms with Gasteiger partial charge < -0.3 is 5.73 Å². The summed E-state index contributed by atoms with van der Waals surface area (Å²) in [5.41, 5.74) is 9.70. The number of nitrogens with zero attached hydrogens (tertiary/aromatic N) is 2. The molecule has 2 aromatic heterocycles. The molecule has 0 aliphatic rings. The average Bonchev–Trinajstić information content (AvgIpc) is 2.40. The molecular weight excluding hydrogens is 222 g/mol. The highest BCUT2D eigenvalue weighted by Crippen LogP contribution is 2.21. The highest BCUT2D eigenvalue weighted by atomic mass is 14.7. The zero-order valence-corrected chi connectivity index (χ0v) is 9.88. The summed E-state index contributed by atoms with van der Waals surface area (Å²) in [6, 6.07) is 15.7. The zero-order chi connectivity index (χ0) is 12.4. The molecule has 0 saturated heterocycles. The molecule has 0 unspecified atom stereocenters. The van der Waals surface area contributed by atoms with Crippen molar-refractivity contribution in [3.05, 3.63) is 66.1 Å². The maximum absolute atomic E-state index is 6.05. The van der Waals surface area contributed by atoms with Gasteiger partial charge in [0, 0.05) is 35.1 Å². The van der Waals surface area contributed by atoms with Crippen LogP contribution in [0.2, 0.25) is 0 Å². The second-order valence-electron chi connectivity index (χ2n) is 4.22. The number of hydrogen-bond donors (Lipinski definition) is 1. The molecule has 0 fully saturated rings. The first-order chi connectivity index (χ1) is 8.83. The predicted molar refractivity (Wildman–Crippen MR) is 73.2 cm³/mol. The van der Waals surface area contributed by atoms with Crippen molar-refractivity contribution in [3.8, 4) is 0 Å². The van der Waals surface area contributed by atoms with Crippen molar-refractivity contribution < 1.29 is 0 Å². The number of aromatic nitrogens is 2. The molecule has 3 aromatic rings. The molecule has 3 nitrogen and oxygen atoms in total. The first-order valence-corrected chi connectivity index (χ1v) is 5.87. The van der Waals surface area contributed by atoms with Crippen LogP contribution in [0.4, 0.5) is 5.69 Å². The van der Waals surface area contributed by atoms with Gasteiger partial charge in [0.05, 0.1) is 5.52 Å². The predicted octanol–water partition coefficient (Wildman–Crippen LogP) is 2.80. The average molecular weight is 235 g/mol. The first kappa shape index (κ1) is 10.7. The van der Waals surface area contributed by atoms with Crippen LogP contribution in [0.1, 0.15) is 11.4 Å². The van der Waals surface area contributed by atoms with Gasteiger partial charge in [-0.2, -0.15) is 0 Å². The summed E-state index contributed by atoms with van der Waals surface area (Å²) < 4.78 is 0. The third-order valence-electron chi connectivity index (χ3n) is 2.89. The second-order valence-corrected chi connectivity index (χ2v) is 4.22. The minimum Gasteiger partial charge on any atom is -0.398 e. The SMILES string of the molecule is Nc1cc(Cc2ccccn2)nc2ccccc12. The number of fused-ring (bicyclic) bond motifs is 1. The molecule has 18 heavy (non-hydrogen) atoms. The van der Waals surface area contributed by atoms with Crippen LogP contribution in [0.5, 0.6) is 0 Å². The van der Waals surface area contributed by atoms with Crippen LogP contribution >= 0.6 is 0 Å². The summed E-state index contributed by atoms with van der Waals surface area (Å²) in [4.78, 5) is 8.91. The molecule has 0 radical (unpaired) electrons. The van der Waals surface area contributed by atoms with Gasteiger partial charge in [-0.3, -0.25) is 9.97 Å². The summed E-state index contributed by atoms with van der Waals surface area (Å²) in [5, 5.41) is 1.00. The smallest absolute Gasteiger partial charge is 0.0726 e. The molecule has 1 aromatic carbocycles. The molecule has 0 amide bonds. The zero-order valence-electron chi connectivity index (χ0n) is 9.88. The topological polar surface area (TPSA) is 51.8 Å². The van der Waals surface area contributed by atoms with Gasteiger partial charge in [0.1, 0.15) is 0 Å². The summed E-state index contributed by atoms with van der Waals surface area (Å²) >= 11 is 0. The maximum atomic E-state index is 6.05. The van der Waals surface area contributed by atoms with E-state index in [1.165, 1.54) is 0 Å². The van der Waals surface area contributed by atoms with Gasteiger partial charge in [-0.15, -0.1) is 0 Å². The Kier molecular flexibility index (Phi) is 2.65. The summed E-state index contributed by atoms with van der Waals surface area (Å²) in [6.45, 7) is 0. The number of para-hydroxylation sites is 1. The van der Waals surface area contributed by atoms with E-state index in [4.69, 9.17) is 5.73 Å². The van der Waals surface area contributed by atoms with E-state index in [0.717, 1.165) is 28.0 Å². The Morgan fingerprint density at radius 1 is 0.944 bits per heavy atom. The Hall–Kier alpha value is -2.42. The highest BCUT2D eigenvalue weighted by molar-refractivity contribution is 5.90. The lowest BCUT2D eigenvalue weighted by molar-refractivity contribution is 1.03. The van der Waals surface area contributed by atoms with Gasteiger partial charge in [-0.05, 0) is 24.3 Å². The third kappa shape index (κ3) is 2.02. The number of hydrogen-bond acceptors (Lipinski definition) is 3. The fraction of sp³-hybridized carbons (Fsp3) is 0.0667. The number of benzene rings is 1. The van der Waals surface area contributed by atoms with E-state index >= 15 is 0 Å². The van der Waals surface area contributed by atoms with E-state index in [1.54, 1.807) is 6.20 Å². The molecule has 0 saturated carbocycles. The molecule has 0 spiro atoms. The van der Waals surface area contributed by atoms with Crippen LogP contribution < -0.4 is 5.73 Å². The molecule has 2 N–H and O–H groups in total. The monoisotopic (exact) mass is 235 g/mol. The van der Waals surface area contributed by atoms with E-state index in [0.29, 0.717) is 6.42 Å². The molecule has 0 aliphatic carbocycles. The number of rotatable bonds is 2. The van der Waals surface area contributed by atoms with Crippen molar-refractivity contribution in [3.63, 3.8) is 0 Å². The normalized spacial score (nSPS) is 10.7. The van der Waals surface area contributed by atoms with Crippen LogP contribution in [0.25, 0.3) is 10.9 Å². The van der Waals surface area contributed by atoms with Crippen molar-refractivity contribution >= 4 is 16.6 Å². The van der Waals surface area contributed by atoms with Crippen molar-refractivity contribution in [1.82, 2.24) is 9.97 Å². The Labute approximate surface area is 105 Å². The summed E-state index contributed by atoms with van der Waals surface area (Å²) in [5.74, 6) is 0. The maximum Gasteiger partial charge on any atom is 0.0726 e. The van der Waals surface area contributed by atoms with E-state index in [2.05, 4.69) is 9.97 Å². The highest BCUT2D eigenvalue weighted by Gasteiger charge is 2.04. The molecule has 3 heteroatoms. The third-order valence-corrected chi connectivity index (χ3v) is 2.89. The summed E-state index contributed by atoms with van der Waals surface area (Å²) in [7, 11) is 0. The largest absolute Gasteiger partial charge is 0.398 e. The number of pyridine rings is 2. The van der Waals surface area contributed by atoms with Crippen LogP contribution in [0, 0.1) is 0 Å². The van der Waals surface area contributed by atoms with Crippen LogP contribution in [-0.4, -0.2) is 9.97 Å². The molecule has 0 bridgehead atoms. The van der Waals surface area contributed by atoms with E-state index < -0.39 is 0 Å². The minimum atomic E-state index is 0.704. The minimum absolute atomic E-state index is 0.704. The van der Waals surface area contributed by atoms with Gasteiger partial charge >= 0.3 is 0 Å². The molecule has 3 rings (SSSR count). The van der Waals surface area contributed by atoms with Gasteiger partial charge in [0.25, 0.3) is 0 Å². The summed E-state index contributed by atoms with van der Waals surface area (Å²) in [6.07, 6.45) is 2.50. The fourth-order valence-electron chi connectivity index (χ4n) is 2.04. The lowest BCUT2D eigenvalue weighted by atomic mass is 10.1. The van der Waals surface area contributed by atoms with Crippen LogP contribution in [0.3, 0.4) is 0 Å². The van der Waals surface area contributed by atoms with Crippen molar-refractivity contribution in [2.24, 2.45) is 0 Å². The lowest BCUT2D eigenvalue weighted by Gasteiger charge is -2.05. The number of nitrogens with two attached hydrogens (primary N) is 1. The molecule has 0 aliphatic heterocycles. The van der Waals surface area contributed by atoms with Crippen LogP contribution in [-0.2, 0) is 6.42 Å². The Bertz CT molecular complexity index is 678. The molecule has 0 atom stereocenters. The van der Waals surface area contributed by atoms with Gasteiger partial charge in [-0.1, -0.05) is 24.3 Å². The molecule has 2 heterocycles. The Morgan fingerprint density at radius 3 is 2.61 bits per heavy atom. The quantitative estimate of drug-likeness (QED) is 0.743. The van der Waals surface area contributed by atoms with E-state index in [-0.39, 0.29) is 0 Å². The standard InChI is InChI=1S/C15H13N3/c16-14-10-12(9-11-5-3-4-8-17-11)18-15-7-2-1-6-13(14)15/h1-8,10H,9H2,(H2,16,18). The van der Waals surface area contributed by atoms with E-state index in [9.17, 15) is 0 Å². The van der Waals surface area contributed by atoms with E-state index in [1.807, 2.05) is 48.5 Å². The van der Waals surface area contributed by atoms with Crippen molar-refractivity contribution in [2.45, 2.75) is 6.42 Å². The molecule has 88 valence electrons. The van der Waals surface area contributed by atoms with Crippen LogP contribution in [0.15, 0.2) is 54.7 Å². The molecular formula is C15H13N3. The lowest BCUT2D eigenvalue weighted by Crippen LogP contribution is -1.98. The first-order valence-electron chi connectivity index (χ1n) is 5.87. The van der Waals surface area contributed by atoms with Gasteiger partial charge in [0.15, 0.2) is 0 Å². The van der Waals surface area contributed by atoms with Gasteiger partial charge in [0.2, 0.25) is 0 Å². The second kappa shape index (κ2) is 4.45. The number of nitrogen functional groups attached to an aromatic ring is 1.